The number of hydrogen-bond acceptors (Lipinski definition) is 4. The minimum Gasteiger partial charge on any atom is -0.319 e. The average molecular weight is 209 g/mol. The molecule has 0 saturated carbocycles. The monoisotopic (exact) mass is 209 g/mol. The van der Waals surface area contributed by atoms with E-state index in [1.54, 1.807) is 6.20 Å². The molecule has 0 spiro atoms. The Balaban J connectivity index is 1.69. The molecule has 2 heterocycles. The van der Waals surface area contributed by atoms with Crippen LogP contribution >= 0.6 is 0 Å². The Bertz CT molecular complexity index is 271. The molecule has 0 amide bonds. The highest BCUT2D eigenvalue weighted by atomic mass is 15.4. The Morgan fingerprint density at radius 2 is 2.40 bits per heavy atom. The van der Waals surface area contributed by atoms with E-state index in [0.29, 0.717) is 0 Å². The fourth-order valence-electron chi connectivity index (χ4n) is 2.17. The number of aromatic nitrogens is 3. The van der Waals surface area contributed by atoms with Gasteiger partial charge in [-0.1, -0.05) is 5.21 Å². The zero-order valence-electron chi connectivity index (χ0n) is 9.26. The number of likely N-dealkylation sites (tertiary alicyclic amines) is 1. The van der Waals surface area contributed by atoms with Crippen molar-refractivity contribution in [3.63, 3.8) is 0 Å². The normalized spacial score (nSPS) is 22.3. The van der Waals surface area contributed by atoms with E-state index in [1.165, 1.54) is 19.5 Å². The van der Waals surface area contributed by atoms with Crippen LogP contribution in [0.3, 0.4) is 0 Å². The van der Waals surface area contributed by atoms with Gasteiger partial charge in [0.05, 0.1) is 12.7 Å². The first-order valence-corrected chi connectivity index (χ1v) is 5.59. The van der Waals surface area contributed by atoms with Crippen LogP contribution in [0.1, 0.15) is 6.42 Å². The van der Waals surface area contributed by atoms with Gasteiger partial charge in [-0.25, -0.2) is 0 Å². The third kappa shape index (κ3) is 3.00. The molecule has 1 aromatic heterocycles. The molecule has 1 aliphatic heterocycles. The Kier molecular flexibility index (Phi) is 3.69. The molecule has 15 heavy (non-hydrogen) atoms. The molecule has 1 unspecified atom stereocenters. The lowest BCUT2D eigenvalue weighted by Crippen LogP contribution is -2.27. The van der Waals surface area contributed by atoms with Gasteiger partial charge >= 0.3 is 0 Å². The summed E-state index contributed by atoms with van der Waals surface area (Å²) in [5.74, 6) is 0.825. The van der Waals surface area contributed by atoms with Crippen molar-refractivity contribution in [2.45, 2.75) is 13.0 Å². The highest BCUT2D eigenvalue weighted by Crippen LogP contribution is 2.14. The summed E-state index contributed by atoms with van der Waals surface area (Å²) < 4.78 is 1.89. The fourth-order valence-corrected chi connectivity index (χ4v) is 2.17. The molecule has 2 rings (SSSR count). The Morgan fingerprint density at radius 1 is 1.47 bits per heavy atom. The van der Waals surface area contributed by atoms with Crippen molar-refractivity contribution >= 4 is 0 Å². The van der Waals surface area contributed by atoms with Gasteiger partial charge in [0.1, 0.15) is 0 Å². The number of nitrogens with one attached hydrogen (secondary N) is 1. The van der Waals surface area contributed by atoms with Gasteiger partial charge in [-0.15, -0.1) is 5.10 Å². The van der Waals surface area contributed by atoms with E-state index in [4.69, 9.17) is 0 Å². The van der Waals surface area contributed by atoms with E-state index in [1.807, 2.05) is 17.9 Å². The van der Waals surface area contributed by atoms with E-state index in [0.717, 1.165) is 25.6 Å². The van der Waals surface area contributed by atoms with Crippen molar-refractivity contribution in [1.82, 2.24) is 25.2 Å². The first-order chi connectivity index (χ1) is 7.38. The first kappa shape index (κ1) is 10.6. The molecule has 1 saturated heterocycles. The van der Waals surface area contributed by atoms with Gasteiger partial charge in [0.2, 0.25) is 0 Å². The molecule has 5 nitrogen and oxygen atoms in total. The van der Waals surface area contributed by atoms with Crippen LogP contribution < -0.4 is 5.32 Å². The molecular formula is C10H19N5. The lowest BCUT2D eigenvalue weighted by Gasteiger charge is -2.15. The zero-order valence-corrected chi connectivity index (χ0v) is 9.26. The molecule has 0 aliphatic carbocycles. The van der Waals surface area contributed by atoms with Gasteiger partial charge < -0.3 is 10.2 Å². The van der Waals surface area contributed by atoms with Crippen LogP contribution in [0.5, 0.6) is 0 Å². The Morgan fingerprint density at radius 3 is 3.13 bits per heavy atom. The number of nitrogens with zero attached hydrogens (tertiary/aromatic N) is 4. The van der Waals surface area contributed by atoms with Crippen molar-refractivity contribution in [3.8, 4) is 0 Å². The van der Waals surface area contributed by atoms with Gasteiger partial charge in [0.25, 0.3) is 0 Å². The van der Waals surface area contributed by atoms with Crippen molar-refractivity contribution in [2.24, 2.45) is 5.92 Å². The lowest BCUT2D eigenvalue weighted by molar-refractivity contribution is 0.301. The van der Waals surface area contributed by atoms with E-state index in [9.17, 15) is 0 Å². The summed E-state index contributed by atoms with van der Waals surface area (Å²) in [6.07, 6.45) is 4.97. The maximum atomic E-state index is 3.96. The van der Waals surface area contributed by atoms with Crippen LogP contribution in [0.4, 0.5) is 0 Å². The van der Waals surface area contributed by atoms with Gasteiger partial charge in [-0.3, -0.25) is 4.68 Å². The number of rotatable bonds is 5. The highest BCUT2D eigenvalue weighted by Gasteiger charge is 2.21. The molecular weight excluding hydrogens is 190 g/mol. The summed E-state index contributed by atoms with van der Waals surface area (Å²) in [5.41, 5.74) is 0. The quantitative estimate of drug-likeness (QED) is 0.731. The maximum Gasteiger partial charge on any atom is 0.0692 e. The van der Waals surface area contributed by atoms with Gasteiger partial charge in [0.15, 0.2) is 0 Å². The topological polar surface area (TPSA) is 46.0 Å². The lowest BCUT2D eigenvalue weighted by atomic mass is 10.1. The van der Waals surface area contributed by atoms with Crippen molar-refractivity contribution in [3.05, 3.63) is 12.4 Å². The van der Waals surface area contributed by atoms with Crippen LogP contribution in [-0.2, 0) is 6.54 Å². The van der Waals surface area contributed by atoms with E-state index in [2.05, 4.69) is 20.5 Å². The average Bonchev–Trinajstić information content (AvgIpc) is 2.85. The smallest absolute Gasteiger partial charge is 0.0692 e. The van der Waals surface area contributed by atoms with Crippen LogP contribution in [0.2, 0.25) is 0 Å². The minimum atomic E-state index is 0.825. The van der Waals surface area contributed by atoms with Gasteiger partial charge in [-0.05, 0) is 32.5 Å². The molecule has 0 radical (unpaired) electrons. The molecule has 84 valence electrons. The second-order valence-corrected chi connectivity index (χ2v) is 4.18. The summed E-state index contributed by atoms with van der Waals surface area (Å²) in [6.45, 7) is 5.62. The van der Waals surface area contributed by atoms with Crippen LogP contribution in [0.15, 0.2) is 12.4 Å². The summed E-state index contributed by atoms with van der Waals surface area (Å²) >= 11 is 0. The predicted molar refractivity (Wildman–Crippen MR) is 58.5 cm³/mol. The largest absolute Gasteiger partial charge is 0.319 e. The van der Waals surface area contributed by atoms with Gasteiger partial charge in [-0.2, -0.15) is 0 Å². The molecule has 1 aliphatic rings. The molecule has 1 fully saturated rings. The summed E-state index contributed by atoms with van der Waals surface area (Å²) in [6, 6.07) is 0. The number of hydrogen-bond donors (Lipinski definition) is 1. The molecule has 1 N–H and O–H groups in total. The molecule has 5 heteroatoms. The molecule has 1 atom stereocenters. The minimum absolute atomic E-state index is 0.825. The van der Waals surface area contributed by atoms with E-state index in [-0.39, 0.29) is 0 Å². The SMILES string of the molecule is CNCC1CCN(CCn2ccnn2)C1. The summed E-state index contributed by atoms with van der Waals surface area (Å²) in [5, 5.41) is 11.0. The van der Waals surface area contributed by atoms with Crippen LogP contribution in [0.25, 0.3) is 0 Å². The standard InChI is InChI=1S/C10H19N5/c1-11-8-10-2-4-14(9-10)6-7-15-5-3-12-13-15/h3,5,10-11H,2,4,6-9H2,1H3. The fraction of sp³-hybridized carbons (Fsp3) is 0.800. The molecule has 0 aromatic carbocycles. The summed E-state index contributed by atoms with van der Waals surface area (Å²) in [4.78, 5) is 2.50. The van der Waals surface area contributed by atoms with Crippen LogP contribution in [-0.4, -0.2) is 53.1 Å². The van der Waals surface area contributed by atoms with E-state index < -0.39 is 0 Å². The highest BCUT2D eigenvalue weighted by molar-refractivity contribution is 4.76. The zero-order chi connectivity index (χ0) is 10.5. The second kappa shape index (κ2) is 5.23. The van der Waals surface area contributed by atoms with Gasteiger partial charge in [0, 0.05) is 19.3 Å². The first-order valence-electron chi connectivity index (χ1n) is 5.59. The second-order valence-electron chi connectivity index (χ2n) is 4.18. The Hall–Kier alpha value is -0.940. The van der Waals surface area contributed by atoms with Crippen molar-refractivity contribution in [2.75, 3.05) is 33.2 Å². The Labute approximate surface area is 90.5 Å². The van der Waals surface area contributed by atoms with Crippen molar-refractivity contribution < 1.29 is 0 Å². The molecule has 0 bridgehead atoms. The third-order valence-corrected chi connectivity index (χ3v) is 2.98. The van der Waals surface area contributed by atoms with Crippen LogP contribution in [0, 0.1) is 5.92 Å². The van der Waals surface area contributed by atoms with Crippen molar-refractivity contribution in [1.29, 1.82) is 0 Å². The molecule has 1 aromatic rings. The predicted octanol–water partition coefficient (Wildman–Crippen LogP) is -0.181. The third-order valence-electron chi connectivity index (χ3n) is 2.98. The van der Waals surface area contributed by atoms with E-state index >= 15 is 0 Å². The summed E-state index contributed by atoms with van der Waals surface area (Å²) in [7, 11) is 2.03. The maximum absolute atomic E-state index is 3.96.